The van der Waals surface area contributed by atoms with Crippen LogP contribution in [0, 0.1) is 6.92 Å². The first kappa shape index (κ1) is 27.1. The van der Waals surface area contributed by atoms with Gasteiger partial charge in [0.25, 0.3) is 5.91 Å². The van der Waals surface area contributed by atoms with Crippen molar-refractivity contribution in [2.45, 2.75) is 43.8 Å². The number of aryl methyl sites for hydroxylation is 1. The van der Waals surface area contributed by atoms with E-state index in [0.717, 1.165) is 5.56 Å². The summed E-state index contributed by atoms with van der Waals surface area (Å²) in [5, 5.41) is 6.08. The zero-order valence-electron chi connectivity index (χ0n) is 22.4. The summed E-state index contributed by atoms with van der Waals surface area (Å²) in [7, 11) is 0. The maximum atomic E-state index is 14.2. The van der Waals surface area contributed by atoms with Gasteiger partial charge in [0, 0.05) is 11.1 Å². The number of hydrogen-bond acceptors (Lipinski definition) is 8. The molecule has 206 valence electrons. The van der Waals surface area contributed by atoms with Crippen molar-refractivity contribution in [1.82, 2.24) is 10.6 Å². The van der Waals surface area contributed by atoms with Crippen LogP contribution in [0.4, 0.5) is 0 Å². The molecule has 2 heterocycles. The number of nitrogens with one attached hydrogen (secondary N) is 2. The van der Waals surface area contributed by atoms with E-state index in [1.165, 1.54) is 0 Å². The van der Waals surface area contributed by atoms with Gasteiger partial charge in [-0.3, -0.25) is 10.1 Å². The molecule has 1 fully saturated rings. The Morgan fingerprint density at radius 2 is 1.48 bits per heavy atom. The van der Waals surface area contributed by atoms with Gasteiger partial charge < -0.3 is 19.5 Å². The molecule has 40 heavy (non-hydrogen) atoms. The second kappa shape index (κ2) is 10.6. The van der Waals surface area contributed by atoms with Crippen molar-refractivity contribution in [3.05, 3.63) is 101 Å². The molecular weight excluding hydrogens is 512 g/mol. The molecule has 0 radical (unpaired) electrons. The average Bonchev–Trinajstić information content (AvgIpc) is 3.28. The minimum atomic E-state index is -2.20. The lowest BCUT2D eigenvalue weighted by molar-refractivity contribution is -0.167. The molecule has 2 aliphatic rings. The number of esters is 3. The number of benzene rings is 3. The normalized spacial score (nSPS) is 22.3. The Morgan fingerprint density at radius 1 is 0.875 bits per heavy atom. The third-order valence-electron chi connectivity index (χ3n) is 7.45. The van der Waals surface area contributed by atoms with Crippen LogP contribution in [0.5, 0.6) is 5.75 Å². The summed E-state index contributed by atoms with van der Waals surface area (Å²) in [6.45, 7) is 5.07. The minimum Gasteiger partial charge on any atom is -0.464 e. The lowest BCUT2D eigenvalue weighted by Gasteiger charge is -2.42. The molecule has 0 aromatic heterocycles. The molecule has 9 heteroatoms. The van der Waals surface area contributed by atoms with Crippen LogP contribution in [-0.2, 0) is 23.9 Å². The topological polar surface area (TPSA) is 120 Å². The molecule has 5 rings (SSSR count). The molecule has 9 nitrogen and oxygen atoms in total. The van der Waals surface area contributed by atoms with Gasteiger partial charge in [-0.1, -0.05) is 66.2 Å². The van der Waals surface area contributed by atoms with E-state index in [1.54, 1.807) is 92.7 Å². The maximum absolute atomic E-state index is 14.2. The summed E-state index contributed by atoms with van der Waals surface area (Å²) in [5.74, 6) is -4.31. The number of carbonyl (C=O) groups excluding carboxylic acids is 4. The summed E-state index contributed by atoms with van der Waals surface area (Å²) in [6.07, 6.45) is 0. The van der Waals surface area contributed by atoms with Crippen LogP contribution in [0.15, 0.2) is 78.9 Å². The zero-order valence-corrected chi connectivity index (χ0v) is 22.4. The van der Waals surface area contributed by atoms with Gasteiger partial charge in [-0.25, -0.2) is 14.4 Å². The van der Waals surface area contributed by atoms with Crippen molar-refractivity contribution in [2.75, 3.05) is 13.2 Å². The quantitative estimate of drug-likeness (QED) is 0.265. The molecular formula is C31H30N2O7. The van der Waals surface area contributed by atoms with Gasteiger partial charge in [-0.05, 0) is 44.5 Å². The second-order valence-electron chi connectivity index (χ2n) is 9.79. The van der Waals surface area contributed by atoms with Crippen LogP contribution in [0.1, 0.15) is 52.9 Å². The predicted octanol–water partition coefficient (Wildman–Crippen LogP) is 3.38. The number of hydrogen-bond donors (Lipinski definition) is 2. The summed E-state index contributed by atoms with van der Waals surface area (Å²) >= 11 is 0. The Hall–Kier alpha value is -4.50. The van der Waals surface area contributed by atoms with E-state index in [-0.39, 0.29) is 24.5 Å². The summed E-state index contributed by atoms with van der Waals surface area (Å²) in [6, 6.07) is 21.2. The largest absolute Gasteiger partial charge is 0.464 e. The van der Waals surface area contributed by atoms with Crippen molar-refractivity contribution in [3.63, 3.8) is 0 Å². The smallest absolute Gasteiger partial charge is 0.340 e. The fourth-order valence-corrected chi connectivity index (χ4v) is 5.73. The van der Waals surface area contributed by atoms with E-state index < -0.39 is 46.9 Å². The third kappa shape index (κ3) is 4.14. The number of fused-ring (bicyclic) bond motifs is 3. The Bertz CT molecular complexity index is 1440. The van der Waals surface area contributed by atoms with Crippen LogP contribution < -0.4 is 15.4 Å². The highest BCUT2D eigenvalue weighted by atomic mass is 16.6. The van der Waals surface area contributed by atoms with Gasteiger partial charge in [-0.15, -0.1) is 0 Å². The molecule has 3 aromatic carbocycles. The van der Waals surface area contributed by atoms with Crippen molar-refractivity contribution < 1.29 is 33.4 Å². The van der Waals surface area contributed by atoms with Crippen molar-refractivity contribution in [1.29, 1.82) is 0 Å². The number of para-hydroxylation sites is 1. The minimum absolute atomic E-state index is 0.0304. The van der Waals surface area contributed by atoms with Crippen molar-refractivity contribution >= 4 is 23.8 Å². The van der Waals surface area contributed by atoms with E-state index in [9.17, 15) is 19.2 Å². The molecule has 2 aliphatic heterocycles. The predicted molar refractivity (Wildman–Crippen MR) is 145 cm³/mol. The first-order valence-electron chi connectivity index (χ1n) is 13.2. The highest BCUT2D eigenvalue weighted by Crippen LogP contribution is 2.56. The second-order valence-corrected chi connectivity index (χ2v) is 9.79. The van der Waals surface area contributed by atoms with Crippen LogP contribution >= 0.6 is 0 Å². The Labute approximate surface area is 231 Å². The van der Waals surface area contributed by atoms with E-state index in [0.29, 0.717) is 11.1 Å². The molecule has 1 amide bonds. The number of rotatable bonds is 7. The highest BCUT2D eigenvalue weighted by molar-refractivity contribution is 6.11. The lowest BCUT2D eigenvalue weighted by atomic mass is 9.67. The van der Waals surface area contributed by atoms with Gasteiger partial charge in [0.2, 0.25) is 5.54 Å². The van der Waals surface area contributed by atoms with E-state index >= 15 is 0 Å². The summed E-state index contributed by atoms with van der Waals surface area (Å²) < 4.78 is 16.8. The molecule has 0 bridgehead atoms. The SMILES string of the molecule is CCOC(=O)C1(C(=O)OCC)NC2c3ccccc3OC(=O)[C@]2(NC(=O)c2ccccc2)[C@@H]1c1ccc(C)cc1. The molecule has 1 unspecified atom stereocenters. The number of ether oxygens (including phenoxy) is 3. The van der Waals surface area contributed by atoms with Crippen LogP contribution in [0.25, 0.3) is 0 Å². The molecule has 0 spiro atoms. The van der Waals surface area contributed by atoms with E-state index in [4.69, 9.17) is 14.2 Å². The molecule has 0 aliphatic carbocycles. The fourth-order valence-electron chi connectivity index (χ4n) is 5.73. The monoisotopic (exact) mass is 542 g/mol. The lowest BCUT2D eigenvalue weighted by Crippen LogP contribution is -2.66. The number of amides is 1. The van der Waals surface area contributed by atoms with Crippen LogP contribution in [-0.4, -0.2) is 48.1 Å². The van der Waals surface area contributed by atoms with Crippen molar-refractivity contribution in [3.8, 4) is 5.75 Å². The van der Waals surface area contributed by atoms with E-state index in [1.807, 2.05) is 6.92 Å². The Kier molecular flexibility index (Phi) is 7.16. The van der Waals surface area contributed by atoms with Gasteiger partial charge in [0.1, 0.15) is 5.75 Å². The van der Waals surface area contributed by atoms with Gasteiger partial charge in [0.05, 0.1) is 25.2 Å². The number of carbonyl (C=O) groups is 4. The molecule has 0 saturated carbocycles. The van der Waals surface area contributed by atoms with Gasteiger partial charge >= 0.3 is 17.9 Å². The van der Waals surface area contributed by atoms with Crippen LogP contribution in [0.2, 0.25) is 0 Å². The summed E-state index contributed by atoms with van der Waals surface area (Å²) in [5.41, 5.74) is -2.02. The maximum Gasteiger partial charge on any atom is 0.340 e. The van der Waals surface area contributed by atoms with Gasteiger partial charge in [0.15, 0.2) is 5.54 Å². The fraction of sp³-hybridized carbons (Fsp3) is 0.290. The van der Waals surface area contributed by atoms with Crippen molar-refractivity contribution in [2.24, 2.45) is 0 Å². The molecule has 1 saturated heterocycles. The first-order valence-corrected chi connectivity index (χ1v) is 13.2. The molecule has 2 N–H and O–H groups in total. The molecule has 3 atom stereocenters. The van der Waals surface area contributed by atoms with Crippen LogP contribution in [0.3, 0.4) is 0 Å². The Balaban J connectivity index is 1.83. The standard InChI is InChI=1S/C31H30N2O7/c1-4-38-27(35)31(28(36)39-5-2)24(20-17-15-19(3)16-18-20)30(33-26(34)21-11-7-6-8-12-21)25(32-31)22-13-9-10-14-23(22)40-29(30)37/h6-18,24-25,32H,4-5H2,1-3H3,(H,33,34)/t24-,25?,30-/m0/s1. The summed E-state index contributed by atoms with van der Waals surface area (Å²) in [4.78, 5) is 55.9. The first-order chi connectivity index (χ1) is 19.3. The third-order valence-corrected chi connectivity index (χ3v) is 7.45. The van der Waals surface area contributed by atoms with Gasteiger partial charge in [-0.2, -0.15) is 0 Å². The zero-order chi connectivity index (χ0) is 28.5. The van der Waals surface area contributed by atoms with E-state index in [2.05, 4.69) is 10.6 Å². The molecule has 3 aromatic rings. The highest BCUT2D eigenvalue weighted by Gasteiger charge is 2.76. The average molecular weight is 543 g/mol. The Morgan fingerprint density at radius 3 is 2.10 bits per heavy atom.